The van der Waals surface area contributed by atoms with E-state index in [1.165, 1.54) is 0 Å². The van der Waals surface area contributed by atoms with Gasteiger partial charge in [0.25, 0.3) is 5.22 Å². The number of rotatable bonds is 2. The topological polar surface area (TPSA) is 64.9 Å². The number of halogens is 2. The van der Waals surface area contributed by atoms with Gasteiger partial charge in [-0.05, 0) is 23.9 Å². The van der Waals surface area contributed by atoms with Gasteiger partial charge >= 0.3 is 0 Å². The highest BCUT2D eigenvalue weighted by Crippen LogP contribution is 2.30. The quantitative estimate of drug-likeness (QED) is 0.729. The second kappa shape index (κ2) is 4.51. The van der Waals surface area contributed by atoms with Crippen LogP contribution in [0.5, 0.6) is 0 Å². The summed E-state index contributed by atoms with van der Waals surface area (Å²) in [6.07, 6.45) is 0.937. The average Bonchev–Trinajstić information content (AvgIpc) is 2.74. The molecule has 0 aliphatic carbocycles. The van der Waals surface area contributed by atoms with Gasteiger partial charge in [-0.1, -0.05) is 0 Å². The summed E-state index contributed by atoms with van der Waals surface area (Å²) in [6.45, 7) is 0. The van der Waals surface area contributed by atoms with Gasteiger partial charge in [0.1, 0.15) is 16.4 Å². The molecule has 0 bridgehead atoms. The molecule has 0 aliphatic heterocycles. The van der Waals surface area contributed by atoms with E-state index in [1.807, 2.05) is 0 Å². The summed E-state index contributed by atoms with van der Waals surface area (Å²) in [5, 5.41) is 0.222. The predicted octanol–water partition coefficient (Wildman–Crippen LogP) is 3.23. The molecule has 2 N–H and O–H groups in total. The van der Waals surface area contributed by atoms with Crippen molar-refractivity contribution in [2.75, 3.05) is 5.73 Å². The standard InChI is InChI=1S/C12H7F2N3OS/c13-6-3-8(14)11(16-5-6)19-12-17-9-2-1-7(15)4-10(9)18-12/h1-5H,15H2. The van der Waals surface area contributed by atoms with Crippen LogP contribution in [0.4, 0.5) is 14.5 Å². The summed E-state index contributed by atoms with van der Waals surface area (Å²) < 4.78 is 31.6. The Kier molecular flexibility index (Phi) is 2.83. The summed E-state index contributed by atoms with van der Waals surface area (Å²) in [5.41, 5.74) is 7.28. The first-order valence-corrected chi connectivity index (χ1v) is 6.08. The molecule has 0 saturated carbocycles. The van der Waals surface area contributed by atoms with Crippen molar-refractivity contribution in [3.05, 3.63) is 42.1 Å². The van der Waals surface area contributed by atoms with Gasteiger partial charge in [-0.2, -0.15) is 0 Å². The molecule has 0 spiro atoms. The first-order valence-electron chi connectivity index (χ1n) is 5.27. The highest BCUT2D eigenvalue weighted by Gasteiger charge is 2.12. The van der Waals surface area contributed by atoms with Gasteiger partial charge in [0.05, 0.1) is 6.20 Å². The maximum atomic E-state index is 13.4. The largest absolute Gasteiger partial charge is 0.431 e. The van der Waals surface area contributed by atoms with Crippen LogP contribution in [0, 0.1) is 11.6 Å². The van der Waals surface area contributed by atoms with E-state index in [1.54, 1.807) is 18.2 Å². The maximum absolute atomic E-state index is 13.4. The van der Waals surface area contributed by atoms with Crippen LogP contribution in [-0.4, -0.2) is 9.97 Å². The summed E-state index contributed by atoms with van der Waals surface area (Å²) in [5.74, 6) is -1.49. The van der Waals surface area contributed by atoms with Crippen LogP contribution >= 0.6 is 11.8 Å². The van der Waals surface area contributed by atoms with E-state index in [-0.39, 0.29) is 10.2 Å². The van der Waals surface area contributed by atoms with Crippen molar-refractivity contribution < 1.29 is 13.2 Å². The molecule has 0 atom stereocenters. The number of hydrogen-bond donors (Lipinski definition) is 1. The fourth-order valence-electron chi connectivity index (χ4n) is 1.52. The van der Waals surface area contributed by atoms with Gasteiger partial charge in [-0.25, -0.2) is 18.7 Å². The first kappa shape index (κ1) is 11.9. The molecular weight excluding hydrogens is 272 g/mol. The molecule has 2 heterocycles. The van der Waals surface area contributed by atoms with Crippen molar-refractivity contribution in [2.24, 2.45) is 0 Å². The van der Waals surface area contributed by atoms with E-state index < -0.39 is 11.6 Å². The number of aromatic nitrogens is 2. The van der Waals surface area contributed by atoms with Gasteiger partial charge in [0.2, 0.25) is 0 Å². The lowest BCUT2D eigenvalue weighted by Crippen LogP contribution is -1.88. The summed E-state index contributed by atoms with van der Waals surface area (Å²) in [6, 6.07) is 5.78. The van der Waals surface area contributed by atoms with Crippen LogP contribution in [0.15, 0.2) is 45.1 Å². The molecule has 0 aliphatic rings. The number of nitrogens with two attached hydrogens (primary N) is 1. The summed E-state index contributed by atoms with van der Waals surface area (Å²) in [4.78, 5) is 7.80. The van der Waals surface area contributed by atoms with E-state index in [9.17, 15) is 8.78 Å². The van der Waals surface area contributed by atoms with Gasteiger partial charge in [-0.3, -0.25) is 0 Å². The van der Waals surface area contributed by atoms with Crippen LogP contribution in [0.25, 0.3) is 11.1 Å². The fraction of sp³-hybridized carbons (Fsp3) is 0. The minimum atomic E-state index is -0.758. The number of nitrogens with zero attached hydrogens (tertiary/aromatic N) is 2. The molecule has 96 valence electrons. The van der Waals surface area contributed by atoms with Crippen molar-refractivity contribution in [2.45, 2.75) is 10.2 Å². The van der Waals surface area contributed by atoms with Gasteiger partial charge in [0, 0.05) is 17.8 Å². The zero-order valence-corrected chi connectivity index (χ0v) is 10.2. The van der Waals surface area contributed by atoms with E-state index in [0.717, 1.165) is 24.0 Å². The van der Waals surface area contributed by atoms with E-state index >= 15 is 0 Å². The van der Waals surface area contributed by atoms with E-state index in [2.05, 4.69) is 9.97 Å². The van der Waals surface area contributed by atoms with Crippen LogP contribution in [-0.2, 0) is 0 Å². The molecular formula is C12H7F2N3OS. The normalized spacial score (nSPS) is 11.1. The number of fused-ring (bicyclic) bond motifs is 1. The molecule has 3 aromatic rings. The Morgan fingerprint density at radius 3 is 2.84 bits per heavy atom. The Morgan fingerprint density at radius 1 is 1.21 bits per heavy atom. The van der Waals surface area contributed by atoms with Crippen LogP contribution in [0.3, 0.4) is 0 Å². The molecule has 0 saturated heterocycles. The Hall–Kier alpha value is -2.15. The Balaban J connectivity index is 1.96. The molecule has 3 rings (SSSR count). The number of anilines is 1. The van der Waals surface area contributed by atoms with Gasteiger partial charge < -0.3 is 10.2 Å². The number of oxazole rings is 1. The summed E-state index contributed by atoms with van der Waals surface area (Å²) in [7, 11) is 0. The molecule has 19 heavy (non-hydrogen) atoms. The number of nitrogen functional groups attached to an aromatic ring is 1. The highest BCUT2D eigenvalue weighted by atomic mass is 32.2. The third-order valence-corrected chi connectivity index (χ3v) is 3.19. The number of benzene rings is 1. The molecule has 0 amide bonds. The Bertz CT molecular complexity index is 760. The third kappa shape index (κ3) is 2.37. The molecule has 0 radical (unpaired) electrons. The summed E-state index contributed by atoms with van der Waals surface area (Å²) >= 11 is 0.883. The average molecular weight is 279 g/mol. The third-order valence-electron chi connectivity index (χ3n) is 2.35. The zero-order valence-electron chi connectivity index (χ0n) is 9.43. The lowest BCUT2D eigenvalue weighted by Gasteiger charge is -1.97. The van der Waals surface area contributed by atoms with E-state index in [0.29, 0.717) is 16.8 Å². The predicted molar refractivity (Wildman–Crippen MR) is 66.7 cm³/mol. The number of hydrogen-bond acceptors (Lipinski definition) is 5. The minimum Gasteiger partial charge on any atom is -0.431 e. The van der Waals surface area contributed by atoms with Crippen molar-refractivity contribution in [1.29, 1.82) is 0 Å². The fourth-order valence-corrected chi connectivity index (χ4v) is 2.23. The molecule has 4 nitrogen and oxygen atoms in total. The van der Waals surface area contributed by atoms with Crippen molar-refractivity contribution in [3.8, 4) is 0 Å². The zero-order chi connectivity index (χ0) is 13.4. The van der Waals surface area contributed by atoms with E-state index in [4.69, 9.17) is 10.2 Å². The van der Waals surface area contributed by atoms with Crippen LogP contribution < -0.4 is 5.73 Å². The number of pyridine rings is 1. The van der Waals surface area contributed by atoms with Crippen LogP contribution in [0.1, 0.15) is 0 Å². The molecule has 0 unspecified atom stereocenters. The van der Waals surface area contributed by atoms with Crippen molar-refractivity contribution >= 4 is 28.5 Å². The molecule has 2 aromatic heterocycles. The van der Waals surface area contributed by atoms with Crippen molar-refractivity contribution in [3.63, 3.8) is 0 Å². The minimum absolute atomic E-state index is 0.000859. The second-order valence-electron chi connectivity index (χ2n) is 3.75. The Labute approximate surface area is 110 Å². The first-order chi connectivity index (χ1) is 9.11. The van der Waals surface area contributed by atoms with Gasteiger partial charge in [0.15, 0.2) is 11.4 Å². The smallest absolute Gasteiger partial charge is 0.263 e. The molecule has 7 heteroatoms. The SMILES string of the molecule is Nc1ccc2nc(Sc3ncc(F)cc3F)oc2c1. The monoisotopic (exact) mass is 279 g/mol. The molecule has 1 aromatic carbocycles. The van der Waals surface area contributed by atoms with Crippen molar-refractivity contribution in [1.82, 2.24) is 9.97 Å². The lowest BCUT2D eigenvalue weighted by atomic mass is 10.3. The molecule has 0 fully saturated rings. The van der Waals surface area contributed by atoms with Crippen LogP contribution in [0.2, 0.25) is 0 Å². The maximum Gasteiger partial charge on any atom is 0.263 e. The lowest BCUT2D eigenvalue weighted by molar-refractivity contribution is 0.486. The van der Waals surface area contributed by atoms with Gasteiger partial charge in [-0.15, -0.1) is 0 Å². The highest BCUT2D eigenvalue weighted by molar-refractivity contribution is 7.99. The second-order valence-corrected chi connectivity index (χ2v) is 4.69. The Morgan fingerprint density at radius 2 is 2.05 bits per heavy atom.